The van der Waals surface area contributed by atoms with E-state index in [0.29, 0.717) is 30.5 Å². The number of piperidine rings is 1. The van der Waals surface area contributed by atoms with Crippen LogP contribution < -0.4 is 10.9 Å². The molecule has 4 heterocycles. The molecule has 0 aliphatic carbocycles. The third-order valence-electron chi connectivity index (χ3n) is 5.56. The number of aryl methyl sites for hydroxylation is 1. The van der Waals surface area contributed by atoms with Gasteiger partial charge < -0.3 is 19.3 Å². The lowest BCUT2D eigenvalue weighted by Crippen LogP contribution is -2.56. The first-order valence-electron chi connectivity index (χ1n) is 9.96. The molecule has 2 fully saturated rings. The third-order valence-corrected chi connectivity index (χ3v) is 5.56. The van der Waals surface area contributed by atoms with Crippen LogP contribution in [0.25, 0.3) is 0 Å². The van der Waals surface area contributed by atoms with Gasteiger partial charge in [-0.2, -0.15) is 0 Å². The van der Waals surface area contributed by atoms with E-state index in [0.717, 1.165) is 19.5 Å². The smallest absolute Gasteiger partial charge is 0.255 e. The highest BCUT2D eigenvalue weighted by Gasteiger charge is 2.31. The summed E-state index contributed by atoms with van der Waals surface area (Å²) in [5, 5.41) is 6.28. The summed E-state index contributed by atoms with van der Waals surface area (Å²) in [6.07, 6.45) is 5.01. The fourth-order valence-electron chi connectivity index (χ4n) is 4.07. The Bertz CT molecular complexity index is 966. The molecule has 1 atom stereocenters. The third kappa shape index (κ3) is 4.40. The highest BCUT2D eigenvalue weighted by molar-refractivity contribution is 5.94. The number of carbonyl (C=O) groups is 2. The molecule has 1 N–H and O–H groups in total. The number of fused-ring (bicyclic) bond motifs is 1. The first-order valence-corrected chi connectivity index (χ1v) is 9.96. The van der Waals surface area contributed by atoms with Gasteiger partial charge in [0.15, 0.2) is 5.82 Å². The van der Waals surface area contributed by atoms with Gasteiger partial charge in [0, 0.05) is 44.0 Å². The van der Waals surface area contributed by atoms with Crippen LogP contribution >= 0.6 is 0 Å². The molecule has 0 saturated carbocycles. The monoisotopic (exact) mass is 399 g/mol. The number of amides is 2. The Morgan fingerprint density at radius 1 is 1.24 bits per heavy atom. The highest BCUT2D eigenvalue weighted by Crippen LogP contribution is 2.22. The molecule has 9 nitrogen and oxygen atoms in total. The predicted octanol–water partition coefficient (Wildman–Crippen LogP) is 1.09. The highest BCUT2D eigenvalue weighted by atomic mass is 16.5. The minimum absolute atomic E-state index is 0.100. The normalized spacial score (nSPS) is 19.6. The van der Waals surface area contributed by atoms with E-state index in [9.17, 15) is 14.4 Å². The summed E-state index contributed by atoms with van der Waals surface area (Å²) in [5.74, 6) is 0.346. The molecule has 2 aliphatic rings. The van der Waals surface area contributed by atoms with Crippen LogP contribution in [0.15, 0.2) is 33.7 Å². The first kappa shape index (κ1) is 19.4. The molecule has 0 spiro atoms. The second kappa shape index (κ2) is 8.20. The molecule has 0 unspecified atom stereocenters. The molecular weight excluding hydrogens is 374 g/mol. The van der Waals surface area contributed by atoms with E-state index in [-0.39, 0.29) is 23.8 Å². The standard InChI is InChI=1S/C20H25N5O4/c1-14-10-17(22-29-14)21-18(26)13-25-11-15(5-6-19(25)27)20(28)24-9-8-23-7-3-2-4-16(23)12-24/h5-6,10-11,16H,2-4,7-9,12-13H2,1H3,(H,21,22,26)/t16-/m1/s1. The van der Waals surface area contributed by atoms with Gasteiger partial charge >= 0.3 is 0 Å². The summed E-state index contributed by atoms with van der Waals surface area (Å²) in [5.41, 5.74) is 0.0732. The number of hydrogen-bond donors (Lipinski definition) is 1. The second-order valence-electron chi connectivity index (χ2n) is 7.69. The molecule has 2 saturated heterocycles. The van der Waals surface area contributed by atoms with Crippen molar-refractivity contribution >= 4 is 17.6 Å². The SMILES string of the molecule is Cc1cc(NC(=O)Cn2cc(C(=O)N3CCN4CCCC[C@@H]4C3)ccc2=O)no1. The second-order valence-corrected chi connectivity index (χ2v) is 7.69. The summed E-state index contributed by atoms with van der Waals surface area (Å²) in [4.78, 5) is 41.7. The molecule has 4 rings (SSSR count). The van der Waals surface area contributed by atoms with Gasteiger partial charge in [-0.25, -0.2) is 0 Å². The average Bonchev–Trinajstić information content (AvgIpc) is 3.13. The number of anilines is 1. The van der Waals surface area contributed by atoms with E-state index >= 15 is 0 Å². The van der Waals surface area contributed by atoms with Gasteiger partial charge in [0.05, 0.1) is 5.56 Å². The predicted molar refractivity (Wildman–Crippen MR) is 106 cm³/mol. The van der Waals surface area contributed by atoms with Crippen molar-refractivity contribution in [3.8, 4) is 0 Å². The minimum Gasteiger partial charge on any atom is -0.360 e. The molecule has 2 amide bonds. The van der Waals surface area contributed by atoms with Crippen molar-refractivity contribution < 1.29 is 14.1 Å². The zero-order valence-electron chi connectivity index (χ0n) is 16.5. The van der Waals surface area contributed by atoms with Crippen LogP contribution in [-0.4, -0.2) is 63.6 Å². The molecule has 2 aromatic heterocycles. The lowest BCUT2D eigenvalue weighted by Gasteiger charge is -2.44. The Labute approximate surface area is 168 Å². The van der Waals surface area contributed by atoms with Crippen molar-refractivity contribution in [2.24, 2.45) is 0 Å². The maximum absolute atomic E-state index is 13.0. The van der Waals surface area contributed by atoms with Crippen LogP contribution in [0.2, 0.25) is 0 Å². The number of nitrogens with one attached hydrogen (secondary N) is 1. The average molecular weight is 399 g/mol. The molecule has 154 valence electrons. The molecule has 2 aliphatic heterocycles. The molecule has 0 radical (unpaired) electrons. The van der Waals surface area contributed by atoms with Gasteiger partial charge in [0.2, 0.25) is 5.91 Å². The summed E-state index contributed by atoms with van der Waals surface area (Å²) in [6.45, 7) is 4.90. The van der Waals surface area contributed by atoms with Crippen LogP contribution in [-0.2, 0) is 11.3 Å². The van der Waals surface area contributed by atoms with Gasteiger partial charge in [-0.3, -0.25) is 19.3 Å². The number of rotatable bonds is 4. The Balaban J connectivity index is 1.44. The van der Waals surface area contributed by atoms with Crippen LogP contribution in [0.5, 0.6) is 0 Å². The Kier molecular flexibility index (Phi) is 5.48. The lowest BCUT2D eigenvalue weighted by atomic mass is 9.99. The molecule has 0 bridgehead atoms. The molecular formula is C20H25N5O4. The van der Waals surface area contributed by atoms with Gasteiger partial charge in [-0.15, -0.1) is 0 Å². The molecule has 29 heavy (non-hydrogen) atoms. The maximum Gasteiger partial charge on any atom is 0.255 e. The van der Waals surface area contributed by atoms with Crippen LogP contribution in [0.1, 0.15) is 35.4 Å². The maximum atomic E-state index is 13.0. The number of pyridine rings is 1. The van der Waals surface area contributed by atoms with Crippen LogP contribution in [0.3, 0.4) is 0 Å². The van der Waals surface area contributed by atoms with Crippen molar-refractivity contribution in [2.45, 2.75) is 38.8 Å². The van der Waals surface area contributed by atoms with E-state index in [4.69, 9.17) is 4.52 Å². The minimum atomic E-state index is -0.416. The summed E-state index contributed by atoms with van der Waals surface area (Å²) in [6, 6.07) is 4.88. The van der Waals surface area contributed by atoms with E-state index in [1.807, 2.05) is 4.90 Å². The zero-order chi connectivity index (χ0) is 20.4. The number of hydrogen-bond acceptors (Lipinski definition) is 6. The van der Waals surface area contributed by atoms with E-state index in [1.165, 1.54) is 35.7 Å². The van der Waals surface area contributed by atoms with Crippen molar-refractivity contribution in [1.29, 1.82) is 0 Å². The summed E-state index contributed by atoms with van der Waals surface area (Å²) >= 11 is 0. The van der Waals surface area contributed by atoms with Gasteiger partial charge in [0.25, 0.3) is 11.5 Å². The number of carbonyl (C=O) groups excluding carboxylic acids is 2. The first-order chi connectivity index (χ1) is 14.0. The summed E-state index contributed by atoms with van der Waals surface area (Å²) in [7, 11) is 0. The Morgan fingerprint density at radius 2 is 2.10 bits per heavy atom. The molecule has 9 heteroatoms. The lowest BCUT2D eigenvalue weighted by molar-refractivity contribution is -0.116. The molecule has 2 aromatic rings. The van der Waals surface area contributed by atoms with Crippen molar-refractivity contribution in [2.75, 3.05) is 31.5 Å². The Morgan fingerprint density at radius 3 is 2.90 bits per heavy atom. The fraction of sp³-hybridized carbons (Fsp3) is 0.500. The summed E-state index contributed by atoms with van der Waals surface area (Å²) < 4.78 is 6.15. The van der Waals surface area contributed by atoms with Crippen molar-refractivity contribution in [3.63, 3.8) is 0 Å². The molecule has 0 aromatic carbocycles. The van der Waals surface area contributed by atoms with Gasteiger partial charge in [0.1, 0.15) is 12.3 Å². The van der Waals surface area contributed by atoms with Gasteiger partial charge in [-0.05, 0) is 32.4 Å². The van der Waals surface area contributed by atoms with Crippen LogP contribution in [0, 0.1) is 6.92 Å². The van der Waals surface area contributed by atoms with E-state index < -0.39 is 5.91 Å². The van der Waals surface area contributed by atoms with Gasteiger partial charge in [-0.1, -0.05) is 11.6 Å². The van der Waals surface area contributed by atoms with Crippen LogP contribution in [0.4, 0.5) is 5.82 Å². The topological polar surface area (TPSA) is 101 Å². The number of piperazine rings is 1. The fourth-order valence-corrected chi connectivity index (χ4v) is 4.07. The van der Waals surface area contributed by atoms with E-state index in [2.05, 4.69) is 15.4 Å². The Hall–Kier alpha value is -2.94. The zero-order valence-corrected chi connectivity index (χ0v) is 16.5. The van der Waals surface area contributed by atoms with E-state index in [1.54, 1.807) is 13.0 Å². The van der Waals surface area contributed by atoms with Crippen molar-refractivity contribution in [1.82, 2.24) is 19.5 Å². The number of aromatic nitrogens is 2. The largest absolute Gasteiger partial charge is 0.360 e. The quantitative estimate of drug-likeness (QED) is 0.826. The van der Waals surface area contributed by atoms with Crippen molar-refractivity contribution in [3.05, 3.63) is 46.1 Å². The number of nitrogens with zero attached hydrogens (tertiary/aromatic N) is 4.